The molecule has 0 saturated heterocycles. The maximum atomic E-state index is 5.96. The maximum Gasteiger partial charge on any atom is 0.0701 e. The molecule has 0 aromatic heterocycles. The maximum absolute atomic E-state index is 5.96. The minimum absolute atomic E-state index is 0.624. The Labute approximate surface area is 109 Å². The first kappa shape index (κ1) is 13.8. The molecule has 3 nitrogen and oxygen atoms in total. The molecule has 1 N–H and O–H groups in total. The lowest BCUT2D eigenvalue weighted by atomic mass is 10.3. The van der Waals surface area contributed by atoms with Crippen LogP contribution in [-0.4, -0.2) is 33.5 Å². The summed E-state index contributed by atoms with van der Waals surface area (Å²) in [6, 6.07) is 5.75. The molecule has 90 valence electrons. The van der Waals surface area contributed by atoms with E-state index in [0.29, 0.717) is 24.8 Å². The highest BCUT2D eigenvalue weighted by atomic mass is 79.9. The standard InChI is InChI=1S/C11H15BrClNO2/c1-15-6-7-16-5-4-14-9-2-3-10(12)11(13)8-9/h2-3,8,14H,4-7H2,1H3. The van der Waals surface area contributed by atoms with Crippen LogP contribution in [0.2, 0.25) is 5.02 Å². The summed E-state index contributed by atoms with van der Waals surface area (Å²) in [4.78, 5) is 0. The Kier molecular flexibility index (Phi) is 6.80. The van der Waals surface area contributed by atoms with E-state index >= 15 is 0 Å². The highest BCUT2D eigenvalue weighted by Gasteiger charge is 1.98. The Hall–Kier alpha value is -0.290. The molecule has 0 aliphatic carbocycles. The molecule has 0 heterocycles. The van der Waals surface area contributed by atoms with Crippen molar-refractivity contribution in [1.82, 2.24) is 0 Å². The molecule has 0 atom stereocenters. The van der Waals surface area contributed by atoms with Crippen molar-refractivity contribution >= 4 is 33.2 Å². The quantitative estimate of drug-likeness (QED) is 0.785. The summed E-state index contributed by atoms with van der Waals surface area (Å²) in [6.45, 7) is 2.65. The number of hydrogen-bond donors (Lipinski definition) is 1. The molecule has 0 aliphatic heterocycles. The summed E-state index contributed by atoms with van der Waals surface area (Å²) < 4.78 is 11.1. The van der Waals surface area contributed by atoms with Gasteiger partial charge in [-0.3, -0.25) is 0 Å². The van der Waals surface area contributed by atoms with Crippen molar-refractivity contribution in [2.24, 2.45) is 0 Å². The van der Waals surface area contributed by atoms with E-state index in [-0.39, 0.29) is 0 Å². The lowest BCUT2D eigenvalue weighted by Gasteiger charge is -2.08. The van der Waals surface area contributed by atoms with Gasteiger partial charge in [0, 0.05) is 23.8 Å². The minimum Gasteiger partial charge on any atom is -0.383 e. The highest BCUT2D eigenvalue weighted by Crippen LogP contribution is 2.25. The third-order valence-electron chi connectivity index (χ3n) is 1.93. The van der Waals surface area contributed by atoms with Gasteiger partial charge in [-0.15, -0.1) is 0 Å². The fourth-order valence-corrected chi connectivity index (χ4v) is 1.55. The SMILES string of the molecule is COCCOCCNc1ccc(Br)c(Cl)c1. The molecule has 1 aromatic rings. The Morgan fingerprint density at radius 2 is 2.12 bits per heavy atom. The minimum atomic E-state index is 0.624. The third-order valence-corrected chi connectivity index (χ3v) is 3.16. The summed E-state index contributed by atoms with van der Waals surface area (Å²) in [6.07, 6.45) is 0. The second-order valence-electron chi connectivity index (χ2n) is 3.16. The number of nitrogens with one attached hydrogen (secondary N) is 1. The van der Waals surface area contributed by atoms with Crippen LogP contribution in [0.15, 0.2) is 22.7 Å². The summed E-state index contributed by atoms with van der Waals surface area (Å²) in [5, 5.41) is 3.92. The second kappa shape index (κ2) is 7.90. The largest absolute Gasteiger partial charge is 0.383 e. The molecule has 0 amide bonds. The van der Waals surface area contributed by atoms with Crippen molar-refractivity contribution in [2.75, 3.05) is 38.8 Å². The van der Waals surface area contributed by atoms with Crippen LogP contribution in [0.25, 0.3) is 0 Å². The van der Waals surface area contributed by atoms with E-state index in [1.165, 1.54) is 0 Å². The summed E-state index contributed by atoms with van der Waals surface area (Å²) in [7, 11) is 1.66. The molecule has 16 heavy (non-hydrogen) atoms. The van der Waals surface area contributed by atoms with Gasteiger partial charge in [0.25, 0.3) is 0 Å². The predicted molar refractivity (Wildman–Crippen MR) is 70.3 cm³/mol. The molecule has 1 aromatic carbocycles. The zero-order valence-corrected chi connectivity index (χ0v) is 11.5. The molecular weight excluding hydrogens is 293 g/mol. The normalized spacial score (nSPS) is 10.4. The third kappa shape index (κ3) is 5.16. The van der Waals surface area contributed by atoms with Crippen molar-refractivity contribution < 1.29 is 9.47 Å². The monoisotopic (exact) mass is 307 g/mol. The number of hydrogen-bond acceptors (Lipinski definition) is 3. The molecule has 0 saturated carbocycles. The Bertz CT molecular complexity index is 323. The first-order valence-corrected chi connectivity index (χ1v) is 6.16. The first-order chi connectivity index (χ1) is 7.74. The van der Waals surface area contributed by atoms with Crippen LogP contribution in [0.5, 0.6) is 0 Å². The van der Waals surface area contributed by atoms with E-state index in [1.54, 1.807) is 7.11 Å². The van der Waals surface area contributed by atoms with Gasteiger partial charge in [0.05, 0.1) is 24.8 Å². The van der Waals surface area contributed by atoms with Gasteiger partial charge in [-0.25, -0.2) is 0 Å². The van der Waals surface area contributed by atoms with E-state index in [1.807, 2.05) is 18.2 Å². The van der Waals surface area contributed by atoms with Gasteiger partial charge in [-0.1, -0.05) is 11.6 Å². The number of methoxy groups -OCH3 is 1. The molecule has 0 spiro atoms. The van der Waals surface area contributed by atoms with E-state index < -0.39 is 0 Å². The molecule has 0 bridgehead atoms. The lowest BCUT2D eigenvalue weighted by molar-refractivity contribution is 0.0759. The van der Waals surface area contributed by atoms with Crippen LogP contribution < -0.4 is 5.32 Å². The van der Waals surface area contributed by atoms with E-state index in [4.69, 9.17) is 21.1 Å². The predicted octanol–water partition coefficient (Wildman–Crippen LogP) is 3.18. The van der Waals surface area contributed by atoms with Crippen molar-refractivity contribution in [2.45, 2.75) is 0 Å². The molecule has 0 radical (unpaired) electrons. The Balaban J connectivity index is 2.19. The van der Waals surface area contributed by atoms with Gasteiger partial charge in [0.15, 0.2) is 0 Å². The number of anilines is 1. The van der Waals surface area contributed by atoms with Gasteiger partial charge in [0.1, 0.15) is 0 Å². The van der Waals surface area contributed by atoms with Crippen LogP contribution in [0.3, 0.4) is 0 Å². The van der Waals surface area contributed by atoms with Gasteiger partial charge in [0.2, 0.25) is 0 Å². The average molecular weight is 309 g/mol. The fraction of sp³-hybridized carbons (Fsp3) is 0.455. The van der Waals surface area contributed by atoms with Crippen molar-refractivity contribution in [3.63, 3.8) is 0 Å². The topological polar surface area (TPSA) is 30.5 Å². The van der Waals surface area contributed by atoms with Gasteiger partial charge in [-0.05, 0) is 34.1 Å². The van der Waals surface area contributed by atoms with E-state index in [0.717, 1.165) is 16.7 Å². The summed E-state index contributed by atoms with van der Waals surface area (Å²) >= 11 is 9.30. The number of halogens is 2. The molecule has 0 aliphatic rings. The van der Waals surface area contributed by atoms with Crippen LogP contribution in [-0.2, 0) is 9.47 Å². The van der Waals surface area contributed by atoms with Crippen molar-refractivity contribution in [3.05, 3.63) is 27.7 Å². The van der Waals surface area contributed by atoms with E-state index in [2.05, 4.69) is 21.2 Å². The van der Waals surface area contributed by atoms with Crippen LogP contribution >= 0.6 is 27.5 Å². The van der Waals surface area contributed by atoms with Crippen molar-refractivity contribution in [3.8, 4) is 0 Å². The van der Waals surface area contributed by atoms with Gasteiger partial charge in [-0.2, -0.15) is 0 Å². The summed E-state index contributed by atoms with van der Waals surface area (Å²) in [5.74, 6) is 0. The van der Waals surface area contributed by atoms with Crippen LogP contribution in [0.1, 0.15) is 0 Å². The Morgan fingerprint density at radius 3 is 2.81 bits per heavy atom. The number of benzene rings is 1. The summed E-state index contributed by atoms with van der Waals surface area (Å²) in [5.41, 5.74) is 0.989. The molecule has 0 fully saturated rings. The van der Waals surface area contributed by atoms with Crippen LogP contribution in [0, 0.1) is 0 Å². The average Bonchev–Trinajstić information content (AvgIpc) is 2.28. The molecule has 0 unspecified atom stereocenters. The zero-order valence-electron chi connectivity index (χ0n) is 9.13. The van der Waals surface area contributed by atoms with Crippen molar-refractivity contribution in [1.29, 1.82) is 0 Å². The highest BCUT2D eigenvalue weighted by molar-refractivity contribution is 9.10. The lowest BCUT2D eigenvalue weighted by Crippen LogP contribution is -2.11. The smallest absolute Gasteiger partial charge is 0.0701 e. The number of ether oxygens (including phenoxy) is 2. The molecule has 1 rings (SSSR count). The van der Waals surface area contributed by atoms with E-state index in [9.17, 15) is 0 Å². The second-order valence-corrected chi connectivity index (χ2v) is 4.42. The molecular formula is C11H15BrClNO2. The fourth-order valence-electron chi connectivity index (χ4n) is 1.12. The van der Waals surface area contributed by atoms with Crippen LogP contribution in [0.4, 0.5) is 5.69 Å². The Morgan fingerprint density at radius 1 is 1.31 bits per heavy atom. The zero-order chi connectivity index (χ0) is 11.8. The first-order valence-electron chi connectivity index (χ1n) is 4.99. The van der Waals surface area contributed by atoms with Gasteiger partial charge >= 0.3 is 0 Å². The number of rotatable bonds is 7. The van der Waals surface area contributed by atoms with Gasteiger partial charge < -0.3 is 14.8 Å². The molecule has 5 heteroatoms.